The zero-order valence-corrected chi connectivity index (χ0v) is 13.8. The number of hydrogen-bond donors (Lipinski definition) is 1. The number of nitrogens with zero attached hydrogens (tertiary/aromatic N) is 1. The molecule has 0 aliphatic carbocycles. The van der Waals surface area contributed by atoms with Gasteiger partial charge in [0, 0.05) is 19.6 Å². The van der Waals surface area contributed by atoms with Gasteiger partial charge in [-0.1, -0.05) is 6.07 Å². The number of hydrogen-bond acceptors (Lipinski definition) is 4. The van der Waals surface area contributed by atoms with Crippen molar-refractivity contribution < 1.29 is 14.3 Å². The van der Waals surface area contributed by atoms with Crippen LogP contribution < -0.4 is 14.8 Å². The quantitative estimate of drug-likeness (QED) is 0.919. The normalized spacial score (nSPS) is 21.0. The molecule has 122 valence electrons. The van der Waals surface area contributed by atoms with Gasteiger partial charge in [-0.25, -0.2) is 0 Å². The minimum absolute atomic E-state index is 0. The Kier molecular flexibility index (Phi) is 5.53. The van der Waals surface area contributed by atoms with Gasteiger partial charge in [0.15, 0.2) is 11.5 Å². The lowest BCUT2D eigenvalue weighted by Crippen LogP contribution is -2.51. The average Bonchev–Trinajstić information content (AvgIpc) is 2.94. The zero-order valence-electron chi connectivity index (χ0n) is 13.0. The fraction of sp³-hybridized carbons (Fsp3) is 0.562. The van der Waals surface area contributed by atoms with Crippen LogP contribution in [0.3, 0.4) is 0 Å². The first kappa shape index (κ1) is 16.9. The molecule has 1 aromatic rings. The highest BCUT2D eigenvalue weighted by molar-refractivity contribution is 5.85. The topological polar surface area (TPSA) is 50.8 Å². The fourth-order valence-electron chi connectivity index (χ4n) is 3.13. The molecule has 2 heterocycles. The highest BCUT2D eigenvalue weighted by Crippen LogP contribution is 2.37. The van der Waals surface area contributed by atoms with Crippen molar-refractivity contribution in [3.63, 3.8) is 0 Å². The summed E-state index contributed by atoms with van der Waals surface area (Å²) < 4.78 is 10.7. The summed E-state index contributed by atoms with van der Waals surface area (Å²) in [7, 11) is 3.27. The summed E-state index contributed by atoms with van der Waals surface area (Å²) in [5, 5.41) is 3.17. The molecular weight excluding hydrogens is 304 g/mol. The lowest BCUT2D eigenvalue weighted by atomic mass is 9.99. The molecule has 0 aromatic heterocycles. The monoisotopic (exact) mass is 326 g/mol. The van der Waals surface area contributed by atoms with Crippen molar-refractivity contribution in [1.29, 1.82) is 0 Å². The molecule has 2 aliphatic heterocycles. The third kappa shape index (κ3) is 3.01. The van der Waals surface area contributed by atoms with Gasteiger partial charge in [0.1, 0.15) is 0 Å². The third-order valence-electron chi connectivity index (χ3n) is 4.46. The Morgan fingerprint density at radius 2 is 1.95 bits per heavy atom. The molecule has 2 saturated heterocycles. The maximum Gasteiger partial charge on any atom is 0.228 e. The van der Waals surface area contributed by atoms with Crippen LogP contribution in [0.5, 0.6) is 11.5 Å². The van der Waals surface area contributed by atoms with E-state index in [1.54, 1.807) is 14.2 Å². The molecular formula is C16H23ClN2O3. The summed E-state index contributed by atoms with van der Waals surface area (Å²) in [6.45, 7) is 2.48. The molecule has 6 heteroatoms. The summed E-state index contributed by atoms with van der Waals surface area (Å²) in [6, 6.07) is 6.11. The van der Waals surface area contributed by atoms with Gasteiger partial charge >= 0.3 is 0 Å². The number of methoxy groups -OCH3 is 2. The maximum atomic E-state index is 12.5. The van der Waals surface area contributed by atoms with Crippen molar-refractivity contribution in [1.82, 2.24) is 10.2 Å². The Hall–Kier alpha value is -1.46. The first-order valence-electron chi connectivity index (χ1n) is 7.47. The summed E-state index contributed by atoms with van der Waals surface area (Å²) in [6.07, 6.45) is 2.08. The SMILES string of the molecule is COc1ccc(C2CCCN2C(=O)C2CNC2)cc1OC.Cl. The molecule has 1 amide bonds. The summed E-state index contributed by atoms with van der Waals surface area (Å²) in [5.41, 5.74) is 1.13. The lowest BCUT2D eigenvalue weighted by Gasteiger charge is -2.33. The Morgan fingerprint density at radius 1 is 1.23 bits per heavy atom. The minimum Gasteiger partial charge on any atom is -0.493 e. The van der Waals surface area contributed by atoms with Gasteiger partial charge < -0.3 is 19.7 Å². The first-order chi connectivity index (χ1) is 10.2. The van der Waals surface area contributed by atoms with Crippen LogP contribution in [-0.4, -0.2) is 44.7 Å². The van der Waals surface area contributed by atoms with Crippen LogP contribution in [0.2, 0.25) is 0 Å². The number of halogens is 1. The standard InChI is InChI=1S/C16H22N2O3.ClH/c1-20-14-6-5-11(8-15(14)21-2)13-4-3-7-18(13)16(19)12-9-17-10-12;/h5-6,8,12-13,17H,3-4,7,9-10H2,1-2H3;1H. The third-order valence-corrected chi connectivity index (χ3v) is 4.46. The molecule has 0 saturated carbocycles. The number of likely N-dealkylation sites (tertiary alicyclic amines) is 1. The van der Waals surface area contributed by atoms with Crippen LogP contribution in [-0.2, 0) is 4.79 Å². The number of benzene rings is 1. The molecule has 0 spiro atoms. The molecule has 0 radical (unpaired) electrons. The zero-order chi connectivity index (χ0) is 14.8. The van der Waals surface area contributed by atoms with Crippen molar-refractivity contribution in [3.8, 4) is 11.5 Å². The van der Waals surface area contributed by atoms with Crippen LogP contribution in [0, 0.1) is 5.92 Å². The highest BCUT2D eigenvalue weighted by Gasteiger charge is 2.36. The predicted octanol–water partition coefficient (Wildman–Crippen LogP) is 2.01. The molecule has 5 nitrogen and oxygen atoms in total. The fourth-order valence-corrected chi connectivity index (χ4v) is 3.13. The molecule has 22 heavy (non-hydrogen) atoms. The average molecular weight is 327 g/mol. The molecule has 2 fully saturated rings. The van der Waals surface area contributed by atoms with E-state index in [0.717, 1.165) is 49.5 Å². The van der Waals surface area contributed by atoms with Crippen LogP contribution in [0.25, 0.3) is 0 Å². The molecule has 2 aliphatic rings. The Morgan fingerprint density at radius 3 is 2.55 bits per heavy atom. The van der Waals surface area contributed by atoms with Crippen molar-refractivity contribution in [2.24, 2.45) is 5.92 Å². The summed E-state index contributed by atoms with van der Waals surface area (Å²) >= 11 is 0. The minimum atomic E-state index is 0. The first-order valence-corrected chi connectivity index (χ1v) is 7.47. The Bertz CT molecular complexity index is 534. The largest absolute Gasteiger partial charge is 0.493 e. The smallest absolute Gasteiger partial charge is 0.228 e. The second-order valence-corrected chi connectivity index (χ2v) is 5.66. The van der Waals surface area contributed by atoms with Crippen LogP contribution in [0.15, 0.2) is 18.2 Å². The summed E-state index contributed by atoms with van der Waals surface area (Å²) in [5.74, 6) is 1.89. The van der Waals surface area contributed by atoms with Gasteiger partial charge in [-0.2, -0.15) is 0 Å². The predicted molar refractivity (Wildman–Crippen MR) is 86.8 cm³/mol. The van der Waals surface area contributed by atoms with E-state index >= 15 is 0 Å². The van der Waals surface area contributed by atoms with Gasteiger partial charge in [-0.05, 0) is 30.5 Å². The van der Waals surface area contributed by atoms with Crippen LogP contribution >= 0.6 is 12.4 Å². The molecule has 1 unspecified atom stereocenters. The number of carbonyl (C=O) groups excluding carboxylic acids is 1. The number of ether oxygens (including phenoxy) is 2. The lowest BCUT2D eigenvalue weighted by molar-refractivity contribution is -0.138. The Labute approximate surface area is 137 Å². The van der Waals surface area contributed by atoms with Crippen molar-refractivity contribution >= 4 is 18.3 Å². The van der Waals surface area contributed by atoms with Gasteiger partial charge in [0.2, 0.25) is 5.91 Å². The second-order valence-electron chi connectivity index (χ2n) is 5.66. The Balaban J connectivity index is 0.00000176. The van der Waals surface area contributed by atoms with Gasteiger partial charge in [-0.3, -0.25) is 4.79 Å². The van der Waals surface area contributed by atoms with Crippen molar-refractivity contribution in [2.45, 2.75) is 18.9 Å². The highest BCUT2D eigenvalue weighted by atomic mass is 35.5. The van der Waals surface area contributed by atoms with E-state index in [2.05, 4.69) is 5.32 Å². The van der Waals surface area contributed by atoms with Gasteiger partial charge in [0.25, 0.3) is 0 Å². The molecule has 1 atom stereocenters. The second kappa shape index (κ2) is 7.20. The molecule has 1 N–H and O–H groups in total. The van der Waals surface area contributed by atoms with Crippen molar-refractivity contribution in [2.75, 3.05) is 33.9 Å². The molecule has 3 rings (SSSR count). The van der Waals surface area contributed by atoms with E-state index in [-0.39, 0.29) is 30.3 Å². The molecule has 0 bridgehead atoms. The van der Waals surface area contributed by atoms with E-state index in [0.29, 0.717) is 0 Å². The number of amides is 1. The summed E-state index contributed by atoms with van der Waals surface area (Å²) in [4.78, 5) is 14.6. The van der Waals surface area contributed by atoms with Crippen LogP contribution in [0.1, 0.15) is 24.4 Å². The van der Waals surface area contributed by atoms with E-state index in [1.807, 2.05) is 23.1 Å². The number of nitrogens with one attached hydrogen (secondary N) is 1. The van der Waals surface area contributed by atoms with Crippen LogP contribution in [0.4, 0.5) is 0 Å². The van der Waals surface area contributed by atoms with E-state index in [1.165, 1.54) is 0 Å². The van der Waals surface area contributed by atoms with E-state index < -0.39 is 0 Å². The van der Waals surface area contributed by atoms with Crippen molar-refractivity contribution in [3.05, 3.63) is 23.8 Å². The number of carbonyl (C=O) groups is 1. The molecule has 1 aromatic carbocycles. The van der Waals surface area contributed by atoms with E-state index in [4.69, 9.17) is 9.47 Å². The number of rotatable bonds is 4. The van der Waals surface area contributed by atoms with Gasteiger partial charge in [0.05, 0.1) is 26.2 Å². The van der Waals surface area contributed by atoms with E-state index in [9.17, 15) is 4.79 Å². The maximum absolute atomic E-state index is 12.5. The van der Waals surface area contributed by atoms with Gasteiger partial charge in [-0.15, -0.1) is 12.4 Å².